The Kier molecular flexibility index (Phi) is 4.56. The van der Waals surface area contributed by atoms with E-state index < -0.39 is 0 Å². The van der Waals surface area contributed by atoms with Gasteiger partial charge in [-0.2, -0.15) is 0 Å². The van der Waals surface area contributed by atoms with Gasteiger partial charge in [-0.1, -0.05) is 45.8 Å². The maximum absolute atomic E-state index is 4.29. The molecule has 0 spiro atoms. The monoisotopic (exact) mass is 248 g/mol. The van der Waals surface area contributed by atoms with Gasteiger partial charge in [0.15, 0.2) is 0 Å². The van der Waals surface area contributed by atoms with E-state index in [4.69, 9.17) is 0 Å². The van der Waals surface area contributed by atoms with Gasteiger partial charge in [-0.3, -0.25) is 0 Å². The summed E-state index contributed by atoms with van der Waals surface area (Å²) < 4.78 is 0. The predicted molar refractivity (Wildman–Crippen MR) is 80.5 cm³/mol. The van der Waals surface area contributed by atoms with E-state index in [2.05, 4.69) is 34.3 Å². The third-order valence-corrected chi connectivity index (χ3v) is 5.81. The standard InChI is InChI=1S/C18H32/c1-12(2)16-8-6-7-9-17(16)18-14(4)10-13(3)11-15(18)5/h13-18H,1,6-11H2,2-5H3. The van der Waals surface area contributed by atoms with Crippen molar-refractivity contribution in [2.45, 2.75) is 66.2 Å². The van der Waals surface area contributed by atoms with Crippen molar-refractivity contribution in [3.05, 3.63) is 12.2 Å². The Morgan fingerprint density at radius 2 is 1.50 bits per heavy atom. The van der Waals surface area contributed by atoms with E-state index in [0.717, 1.165) is 35.5 Å². The van der Waals surface area contributed by atoms with Crippen molar-refractivity contribution >= 4 is 0 Å². The number of rotatable bonds is 2. The molecule has 0 bridgehead atoms. The van der Waals surface area contributed by atoms with Gasteiger partial charge in [0.1, 0.15) is 0 Å². The largest absolute Gasteiger partial charge is 0.0999 e. The zero-order chi connectivity index (χ0) is 13.3. The second-order valence-electron chi connectivity index (χ2n) is 7.51. The summed E-state index contributed by atoms with van der Waals surface area (Å²) in [5.74, 6) is 5.51. The fraction of sp³-hybridized carbons (Fsp3) is 0.889. The van der Waals surface area contributed by atoms with E-state index in [9.17, 15) is 0 Å². The van der Waals surface area contributed by atoms with E-state index >= 15 is 0 Å². The second-order valence-corrected chi connectivity index (χ2v) is 7.51. The average molecular weight is 248 g/mol. The van der Waals surface area contributed by atoms with Crippen LogP contribution in [0.3, 0.4) is 0 Å². The molecule has 0 amide bonds. The van der Waals surface area contributed by atoms with Crippen LogP contribution in [0, 0.1) is 35.5 Å². The molecule has 0 heteroatoms. The highest BCUT2D eigenvalue weighted by Crippen LogP contribution is 2.49. The first kappa shape index (κ1) is 14.2. The van der Waals surface area contributed by atoms with Crippen LogP contribution in [-0.2, 0) is 0 Å². The van der Waals surface area contributed by atoms with Crippen molar-refractivity contribution in [1.82, 2.24) is 0 Å². The number of hydrogen-bond donors (Lipinski definition) is 0. The minimum Gasteiger partial charge on any atom is -0.0999 e. The third-order valence-electron chi connectivity index (χ3n) is 5.81. The van der Waals surface area contributed by atoms with Gasteiger partial charge in [0.05, 0.1) is 0 Å². The van der Waals surface area contributed by atoms with E-state index in [0.29, 0.717) is 0 Å². The van der Waals surface area contributed by atoms with E-state index in [1.54, 1.807) is 0 Å². The normalized spacial score (nSPS) is 45.8. The first-order chi connectivity index (χ1) is 8.50. The zero-order valence-corrected chi connectivity index (χ0v) is 12.9. The summed E-state index contributed by atoms with van der Waals surface area (Å²) >= 11 is 0. The molecule has 4 unspecified atom stereocenters. The van der Waals surface area contributed by atoms with Crippen molar-refractivity contribution in [2.24, 2.45) is 35.5 Å². The SMILES string of the molecule is C=C(C)C1CCCCC1C1C(C)CC(C)CC1C. The molecule has 0 saturated heterocycles. The highest BCUT2D eigenvalue weighted by Gasteiger charge is 2.40. The molecule has 18 heavy (non-hydrogen) atoms. The summed E-state index contributed by atoms with van der Waals surface area (Å²) in [7, 11) is 0. The molecule has 0 aromatic heterocycles. The van der Waals surface area contributed by atoms with E-state index in [-0.39, 0.29) is 0 Å². The average Bonchev–Trinajstić information content (AvgIpc) is 2.28. The Hall–Kier alpha value is -0.260. The summed E-state index contributed by atoms with van der Waals surface area (Å²) in [5.41, 5.74) is 1.46. The van der Waals surface area contributed by atoms with E-state index in [1.165, 1.54) is 44.1 Å². The van der Waals surface area contributed by atoms with Crippen LogP contribution in [0.5, 0.6) is 0 Å². The minimum atomic E-state index is 0.821. The smallest absolute Gasteiger partial charge is 0.0177 e. The van der Waals surface area contributed by atoms with Crippen LogP contribution in [0.2, 0.25) is 0 Å². The lowest BCUT2D eigenvalue weighted by Crippen LogP contribution is -2.39. The molecule has 0 nitrogen and oxygen atoms in total. The Bertz CT molecular complexity index is 278. The minimum absolute atomic E-state index is 0.821. The fourth-order valence-electron chi connectivity index (χ4n) is 5.32. The quantitative estimate of drug-likeness (QED) is 0.551. The molecule has 0 heterocycles. The van der Waals surface area contributed by atoms with Crippen molar-refractivity contribution < 1.29 is 0 Å². The molecular formula is C18H32. The van der Waals surface area contributed by atoms with Gasteiger partial charge >= 0.3 is 0 Å². The number of hydrogen-bond acceptors (Lipinski definition) is 0. The fourth-order valence-corrected chi connectivity index (χ4v) is 5.32. The van der Waals surface area contributed by atoms with Gasteiger partial charge in [0.2, 0.25) is 0 Å². The second kappa shape index (κ2) is 5.80. The van der Waals surface area contributed by atoms with Crippen LogP contribution in [0.15, 0.2) is 12.2 Å². The van der Waals surface area contributed by atoms with E-state index in [1.807, 2.05) is 0 Å². The maximum Gasteiger partial charge on any atom is -0.0177 e. The molecule has 0 N–H and O–H groups in total. The molecule has 2 aliphatic carbocycles. The van der Waals surface area contributed by atoms with Crippen LogP contribution >= 0.6 is 0 Å². The van der Waals surface area contributed by atoms with Gasteiger partial charge in [-0.15, -0.1) is 0 Å². The van der Waals surface area contributed by atoms with Crippen LogP contribution in [0.25, 0.3) is 0 Å². The summed E-state index contributed by atoms with van der Waals surface area (Å²) in [5, 5.41) is 0. The molecule has 0 aromatic rings. The molecular weight excluding hydrogens is 216 g/mol. The lowest BCUT2D eigenvalue weighted by molar-refractivity contribution is 0.0408. The zero-order valence-electron chi connectivity index (χ0n) is 12.9. The van der Waals surface area contributed by atoms with Gasteiger partial charge in [-0.25, -0.2) is 0 Å². The highest BCUT2D eigenvalue weighted by atomic mass is 14.5. The molecule has 2 aliphatic rings. The topological polar surface area (TPSA) is 0 Å². The molecule has 4 atom stereocenters. The first-order valence-corrected chi connectivity index (χ1v) is 8.16. The van der Waals surface area contributed by atoms with Crippen LogP contribution < -0.4 is 0 Å². The van der Waals surface area contributed by atoms with Gasteiger partial charge in [-0.05, 0) is 68.1 Å². The Balaban J connectivity index is 2.14. The molecule has 0 radical (unpaired) electrons. The summed E-state index contributed by atoms with van der Waals surface area (Å²) in [6.45, 7) is 14.0. The summed E-state index contributed by atoms with van der Waals surface area (Å²) in [6.07, 6.45) is 8.67. The van der Waals surface area contributed by atoms with Crippen LogP contribution in [-0.4, -0.2) is 0 Å². The van der Waals surface area contributed by atoms with Crippen molar-refractivity contribution in [2.75, 3.05) is 0 Å². The van der Waals surface area contributed by atoms with Crippen LogP contribution in [0.1, 0.15) is 66.2 Å². The Labute approximate surface area is 114 Å². The van der Waals surface area contributed by atoms with Crippen molar-refractivity contribution in [3.8, 4) is 0 Å². The third kappa shape index (κ3) is 2.83. The number of allylic oxidation sites excluding steroid dienone is 1. The summed E-state index contributed by atoms with van der Waals surface area (Å²) in [6, 6.07) is 0. The van der Waals surface area contributed by atoms with Crippen molar-refractivity contribution in [3.63, 3.8) is 0 Å². The van der Waals surface area contributed by atoms with Gasteiger partial charge in [0, 0.05) is 0 Å². The molecule has 2 rings (SSSR count). The maximum atomic E-state index is 4.29. The Morgan fingerprint density at radius 1 is 0.944 bits per heavy atom. The molecule has 0 aliphatic heterocycles. The van der Waals surface area contributed by atoms with Crippen LogP contribution in [0.4, 0.5) is 0 Å². The first-order valence-electron chi connectivity index (χ1n) is 8.16. The molecule has 2 fully saturated rings. The lowest BCUT2D eigenvalue weighted by Gasteiger charge is -2.47. The Morgan fingerprint density at radius 3 is 2.06 bits per heavy atom. The highest BCUT2D eigenvalue weighted by molar-refractivity contribution is 5.03. The molecule has 104 valence electrons. The van der Waals surface area contributed by atoms with Gasteiger partial charge < -0.3 is 0 Å². The predicted octanol–water partition coefficient (Wildman–Crippen LogP) is 5.69. The molecule has 2 saturated carbocycles. The molecule has 0 aromatic carbocycles. The lowest BCUT2D eigenvalue weighted by atomic mass is 9.58. The summed E-state index contributed by atoms with van der Waals surface area (Å²) in [4.78, 5) is 0. The van der Waals surface area contributed by atoms with Gasteiger partial charge in [0.25, 0.3) is 0 Å². The van der Waals surface area contributed by atoms with Crippen molar-refractivity contribution in [1.29, 1.82) is 0 Å².